The summed E-state index contributed by atoms with van der Waals surface area (Å²) in [7, 11) is -3.33. The van der Waals surface area contributed by atoms with E-state index in [1.807, 2.05) is 10.7 Å². The molecule has 8 nitrogen and oxygen atoms in total. The Hall–Kier alpha value is -2.65. The second-order valence-corrected chi connectivity index (χ2v) is 9.98. The Labute approximate surface area is 168 Å². The molecule has 4 rings (SSSR count). The van der Waals surface area contributed by atoms with Crippen LogP contribution in [-0.2, 0) is 14.6 Å². The number of fused-ring (bicyclic) bond motifs is 1. The molecule has 0 saturated carbocycles. The summed E-state index contributed by atoms with van der Waals surface area (Å²) in [5, 5.41) is 7.80. The van der Waals surface area contributed by atoms with Crippen molar-refractivity contribution in [2.24, 2.45) is 0 Å². The largest absolute Gasteiger partial charge is 0.379 e. The molecule has 0 radical (unpaired) electrons. The van der Waals surface area contributed by atoms with Crippen molar-refractivity contribution in [2.75, 3.05) is 18.5 Å². The van der Waals surface area contributed by atoms with Crippen LogP contribution < -0.4 is 10.9 Å². The number of nitrogens with one attached hydrogen (secondary N) is 2. The summed E-state index contributed by atoms with van der Waals surface area (Å²) in [6, 6.07) is 8.40. The van der Waals surface area contributed by atoms with Gasteiger partial charge in [0, 0.05) is 18.5 Å². The van der Waals surface area contributed by atoms with Crippen molar-refractivity contribution in [1.82, 2.24) is 14.8 Å². The minimum absolute atomic E-state index is 0.0714. The van der Waals surface area contributed by atoms with Crippen LogP contribution in [0.1, 0.15) is 32.7 Å². The fourth-order valence-electron chi connectivity index (χ4n) is 3.52. The van der Waals surface area contributed by atoms with Crippen LogP contribution in [0, 0.1) is 0 Å². The average Bonchev–Trinajstić information content (AvgIpc) is 3.08. The molecular formula is C20H24N4O4S. The van der Waals surface area contributed by atoms with E-state index in [1.165, 1.54) is 0 Å². The van der Waals surface area contributed by atoms with Gasteiger partial charge in [0.1, 0.15) is 5.39 Å². The Morgan fingerprint density at radius 2 is 2.00 bits per heavy atom. The van der Waals surface area contributed by atoms with Gasteiger partial charge in [-0.2, -0.15) is 5.10 Å². The highest BCUT2D eigenvalue weighted by atomic mass is 32.2. The number of benzene rings is 1. The number of aromatic amines is 1. The Morgan fingerprint density at radius 1 is 1.24 bits per heavy atom. The fourth-order valence-corrected chi connectivity index (χ4v) is 4.58. The summed E-state index contributed by atoms with van der Waals surface area (Å²) in [4.78, 5) is 15.5. The van der Waals surface area contributed by atoms with Gasteiger partial charge in [0.25, 0.3) is 5.56 Å². The lowest BCUT2D eigenvalue weighted by atomic mass is 10.1. The molecule has 0 amide bonds. The minimum atomic E-state index is -3.33. The standard InChI is InChI=1S/C20H24N4O4S/c1-13(2)29(26,27)16-7-5-14(6-8-16)22-19-18-17(9-10-21-20(18)25)24(23-19)15-4-3-11-28-12-15/h5-10,13,15H,3-4,11-12H2,1-2H3,(H,21,25)(H,22,23). The molecule has 9 heteroatoms. The molecule has 0 aliphatic carbocycles. The predicted octanol–water partition coefficient (Wildman–Crippen LogP) is 3.00. The van der Waals surface area contributed by atoms with E-state index in [2.05, 4.69) is 15.4 Å². The molecular weight excluding hydrogens is 392 g/mol. The number of nitrogens with zero attached hydrogens (tertiary/aromatic N) is 2. The number of anilines is 2. The van der Waals surface area contributed by atoms with Crippen molar-refractivity contribution in [3.05, 3.63) is 46.9 Å². The molecule has 3 heterocycles. The number of rotatable bonds is 5. The lowest BCUT2D eigenvalue weighted by Gasteiger charge is -2.23. The van der Waals surface area contributed by atoms with E-state index in [-0.39, 0.29) is 16.5 Å². The average molecular weight is 417 g/mol. The highest BCUT2D eigenvalue weighted by molar-refractivity contribution is 7.92. The van der Waals surface area contributed by atoms with Gasteiger partial charge in [0.15, 0.2) is 15.7 Å². The summed E-state index contributed by atoms with van der Waals surface area (Å²) < 4.78 is 32.0. The van der Waals surface area contributed by atoms with Crippen molar-refractivity contribution in [2.45, 2.75) is 42.9 Å². The molecule has 154 valence electrons. The molecule has 1 aromatic carbocycles. The highest BCUT2D eigenvalue weighted by Crippen LogP contribution is 2.29. The monoisotopic (exact) mass is 416 g/mol. The van der Waals surface area contributed by atoms with Gasteiger partial charge in [-0.05, 0) is 57.0 Å². The van der Waals surface area contributed by atoms with Gasteiger partial charge in [0.05, 0.1) is 28.3 Å². The zero-order chi connectivity index (χ0) is 20.6. The Kier molecular flexibility index (Phi) is 5.18. The summed E-state index contributed by atoms with van der Waals surface area (Å²) in [6.45, 7) is 4.61. The van der Waals surface area contributed by atoms with Gasteiger partial charge in [-0.1, -0.05) is 0 Å². The molecule has 1 atom stereocenters. The molecule has 2 N–H and O–H groups in total. The van der Waals surface area contributed by atoms with Crippen LogP contribution in [0.3, 0.4) is 0 Å². The molecule has 1 fully saturated rings. The second kappa shape index (κ2) is 7.64. The first-order valence-corrected chi connectivity index (χ1v) is 11.2. The summed E-state index contributed by atoms with van der Waals surface area (Å²) in [6.07, 6.45) is 3.50. The van der Waals surface area contributed by atoms with Gasteiger partial charge in [-0.25, -0.2) is 8.42 Å². The molecule has 1 saturated heterocycles. The lowest BCUT2D eigenvalue weighted by molar-refractivity contribution is 0.0566. The van der Waals surface area contributed by atoms with Gasteiger partial charge >= 0.3 is 0 Å². The maximum Gasteiger partial charge on any atom is 0.261 e. The van der Waals surface area contributed by atoms with Gasteiger partial charge in [0.2, 0.25) is 0 Å². The fraction of sp³-hybridized carbons (Fsp3) is 0.400. The first-order chi connectivity index (χ1) is 13.9. The molecule has 1 aliphatic rings. The number of H-pyrrole nitrogens is 1. The molecule has 1 aliphatic heterocycles. The van der Waals surface area contributed by atoms with Crippen LogP contribution in [0.15, 0.2) is 46.2 Å². The summed E-state index contributed by atoms with van der Waals surface area (Å²) >= 11 is 0. The van der Waals surface area contributed by atoms with E-state index in [0.29, 0.717) is 23.5 Å². The van der Waals surface area contributed by atoms with E-state index in [4.69, 9.17) is 4.74 Å². The molecule has 0 spiro atoms. The van der Waals surface area contributed by atoms with Crippen molar-refractivity contribution >= 4 is 32.2 Å². The lowest BCUT2D eigenvalue weighted by Crippen LogP contribution is -2.22. The second-order valence-electron chi connectivity index (χ2n) is 7.47. The Bertz CT molecular complexity index is 1170. The van der Waals surface area contributed by atoms with Crippen LogP contribution >= 0.6 is 0 Å². The third-order valence-corrected chi connectivity index (χ3v) is 7.35. The zero-order valence-electron chi connectivity index (χ0n) is 16.4. The van der Waals surface area contributed by atoms with Crippen LogP contribution in [0.25, 0.3) is 10.9 Å². The van der Waals surface area contributed by atoms with E-state index < -0.39 is 15.1 Å². The van der Waals surface area contributed by atoms with Gasteiger partial charge < -0.3 is 15.0 Å². The van der Waals surface area contributed by atoms with Gasteiger partial charge in [-0.3, -0.25) is 9.48 Å². The van der Waals surface area contributed by atoms with E-state index in [0.717, 1.165) is 25.0 Å². The topological polar surface area (TPSA) is 106 Å². The maximum absolute atomic E-state index is 12.5. The normalized spacial score (nSPS) is 17.7. The number of hydrogen-bond donors (Lipinski definition) is 2. The predicted molar refractivity (Wildman–Crippen MR) is 111 cm³/mol. The van der Waals surface area contributed by atoms with E-state index in [9.17, 15) is 13.2 Å². The number of pyridine rings is 1. The van der Waals surface area contributed by atoms with Crippen LogP contribution in [-0.4, -0.2) is 41.6 Å². The Morgan fingerprint density at radius 3 is 2.66 bits per heavy atom. The van der Waals surface area contributed by atoms with Crippen LogP contribution in [0.4, 0.5) is 11.5 Å². The van der Waals surface area contributed by atoms with Crippen molar-refractivity contribution < 1.29 is 13.2 Å². The third-order valence-electron chi connectivity index (χ3n) is 5.18. The zero-order valence-corrected chi connectivity index (χ0v) is 17.2. The minimum Gasteiger partial charge on any atom is -0.379 e. The molecule has 29 heavy (non-hydrogen) atoms. The Balaban J connectivity index is 1.70. The van der Waals surface area contributed by atoms with Crippen LogP contribution in [0.5, 0.6) is 0 Å². The smallest absolute Gasteiger partial charge is 0.261 e. The summed E-state index contributed by atoms with van der Waals surface area (Å²) in [5.41, 5.74) is 1.17. The number of hydrogen-bond acceptors (Lipinski definition) is 6. The highest BCUT2D eigenvalue weighted by Gasteiger charge is 2.23. The molecule has 0 bridgehead atoms. The third kappa shape index (κ3) is 3.67. The van der Waals surface area contributed by atoms with Crippen molar-refractivity contribution in [3.63, 3.8) is 0 Å². The molecule has 3 aromatic rings. The molecule has 2 aromatic heterocycles. The quantitative estimate of drug-likeness (QED) is 0.662. The van der Waals surface area contributed by atoms with Crippen molar-refractivity contribution in [1.29, 1.82) is 0 Å². The van der Waals surface area contributed by atoms with E-state index in [1.54, 1.807) is 44.3 Å². The summed E-state index contributed by atoms with van der Waals surface area (Å²) in [5.74, 6) is 0.437. The maximum atomic E-state index is 12.5. The van der Waals surface area contributed by atoms with Gasteiger partial charge in [-0.15, -0.1) is 0 Å². The number of aromatic nitrogens is 3. The number of sulfone groups is 1. The molecule has 1 unspecified atom stereocenters. The van der Waals surface area contributed by atoms with E-state index >= 15 is 0 Å². The first kappa shape index (κ1) is 19.7. The first-order valence-electron chi connectivity index (χ1n) is 9.66. The number of ether oxygens (including phenoxy) is 1. The van der Waals surface area contributed by atoms with Crippen molar-refractivity contribution in [3.8, 4) is 0 Å². The van der Waals surface area contributed by atoms with Crippen LogP contribution in [0.2, 0.25) is 0 Å². The SMILES string of the molecule is CC(C)S(=O)(=O)c1ccc(Nc2nn(C3CCCOC3)c3cc[nH]c(=O)c23)cc1.